The molecule has 2 aromatic carbocycles. The lowest BCUT2D eigenvalue weighted by molar-refractivity contribution is 0.0988. The zero-order valence-electron chi connectivity index (χ0n) is 15.9. The number of ketones is 1. The monoisotopic (exact) mass is 468 g/mol. The van der Waals surface area contributed by atoms with Crippen molar-refractivity contribution >= 4 is 39.3 Å². The van der Waals surface area contributed by atoms with Crippen LogP contribution in [0.1, 0.15) is 29.6 Å². The summed E-state index contributed by atoms with van der Waals surface area (Å²) in [5.41, 5.74) is -0.271. The van der Waals surface area contributed by atoms with Crippen LogP contribution in [0.5, 0.6) is 0 Å². The van der Waals surface area contributed by atoms with Crippen molar-refractivity contribution in [2.24, 2.45) is 4.99 Å². The van der Waals surface area contributed by atoms with Gasteiger partial charge < -0.3 is 0 Å². The summed E-state index contributed by atoms with van der Waals surface area (Å²) in [5.74, 6) is -4.39. The van der Waals surface area contributed by atoms with Crippen LogP contribution >= 0.6 is 11.6 Å². The van der Waals surface area contributed by atoms with E-state index in [0.29, 0.717) is 23.6 Å². The zero-order chi connectivity index (χ0) is 22.6. The number of hydrogen-bond acceptors (Lipinski definition) is 4. The number of benzene rings is 2. The average molecular weight is 469 g/mol. The molecule has 1 N–H and O–H groups in total. The van der Waals surface area contributed by atoms with Crippen LogP contribution in [0.25, 0.3) is 0 Å². The maximum atomic E-state index is 14.9. The van der Waals surface area contributed by atoms with Crippen molar-refractivity contribution in [1.82, 2.24) is 0 Å². The van der Waals surface area contributed by atoms with E-state index in [1.54, 1.807) is 12.2 Å². The van der Waals surface area contributed by atoms with Crippen molar-refractivity contribution in [3.05, 3.63) is 82.3 Å². The third kappa shape index (κ3) is 5.42. The summed E-state index contributed by atoms with van der Waals surface area (Å²) in [6.07, 6.45) is 5.67. The van der Waals surface area contributed by atoms with Crippen LogP contribution in [-0.2, 0) is 10.0 Å². The molecule has 31 heavy (non-hydrogen) atoms. The van der Waals surface area contributed by atoms with Crippen molar-refractivity contribution in [1.29, 1.82) is 0 Å². The van der Waals surface area contributed by atoms with Gasteiger partial charge in [-0.15, -0.1) is 0 Å². The Hall–Kier alpha value is -2.91. The number of allylic oxidation sites excluding steroid dienone is 3. The molecule has 0 unspecified atom stereocenters. The number of carbonyl (C=O) groups excluding carboxylic acids is 1. The average Bonchev–Trinajstić information content (AvgIpc) is 2.67. The van der Waals surface area contributed by atoms with Gasteiger partial charge in [0, 0.05) is 12.6 Å². The second kappa shape index (κ2) is 9.49. The van der Waals surface area contributed by atoms with E-state index < -0.39 is 43.8 Å². The number of nitrogens with one attached hydrogen (secondary N) is 1. The molecule has 0 atom stereocenters. The topological polar surface area (TPSA) is 75.6 Å². The first kappa shape index (κ1) is 22.8. The predicted molar refractivity (Wildman–Crippen MR) is 112 cm³/mol. The largest absolute Gasteiger partial charge is 0.294 e. The highest BCUT2D eigenvalue weighted by molar-refractivity contribution is 7.92. The van der Waals surface area contributed by atoms with Crippen LogP contribution in [0.3, 0.4) is 0 Å². The fraction of sp³-hybridized carbons (Fsp3) is 0.143. The molecular formula is C21H16ClF3N2O3S. The van der Waals surface area contributed by atoms with Gasteiger partial charge in [-0.05, 0) is 49.3 Å². The predicted octanol–water partition coefficient (Wildman–Crippen LogP) is 5.35. The molecule has 0 saturated heterocycles. The minimum absolute atomic E-state index is 0.119. The molecule has 1 heterocycles. The summed E-state index contributed by atoms with van der Waals surface area (Å²) in [6.45, 7) is 0. The van der Waals surface area contributed by atoms with Gasteiger partial charge in [0.05, 0.1) is 11.3 Å². The van der Waals surface area contributed by atoms with Gasteiger partial charge in [0.1, 0.15) is 16.8 Å². The molecule has 162 valence electrons. The minimum atomic E-state index is -4.78. The standard InChI is InChI=1S/C21H16ClF3N2O3S/c22-19-9-1-4-13(10-11-26-19)12-18(28)14-5-2-8-17(20(14)25)27-31(29,30)21-15(23)6-3-7-16(21)24/h2-3,5-11,27H,1,4,12H2/b13-10+,19-9-,26-11-. The lowest BCUT2D eigenvalue weighted by Crippen LogP contribution is -2.18. The SMILES string of the molecule is O=C(C/C1=C/C=N\C(Cl)=C/CC1)c1cccc(NS(=O)(=O)c2c(F)cccc2F)c1F. The molecule has 0 fully saturated rings. The van der Waals surface area contributed by atoms with Crippen LogP contribution in [0.4, 0.5) is 18.9 Å². The molecule has 0 saturated carbocycles. The van der Waals surface area contributed by atoms with E-state index in [1.165, 1.54) is 18.3 Å². The maximum absolute atomic E-state index is 14.9. The van der Waals surface area contributed by atoms with Crippen molar-refractivity contribution in [2.45, 2.75) is 24.2 Å². The van der Waals surface area contributed by atoms with Gasteiger partial charge in [-0.1, -0.05) is 29.3 Å². The molecule has 2 aromatic rings. The molecule has 3 rings (SSSR count). The van der Waals surface area contributed by atoms with Gasteiger partial charge in [-0.3, -0.25) is 9.52 Å². The molecule has 5 nitrogen and oxygen atoms in total. The van der Waals surface area contributed by atoms with Gasteiger partial charge in [-0.25, -0.2) is 26.6 Å². The summed E-state index contributed by atoms with van der Waals surface area (Å²) >= 11 is 5.81. The molecule has 0 spiro atoms. The number of hydrogen-bond donors (Lipinski definition) is 1. The Balaban J connectivity index is 1.86. The maximum Gasteiger partial charge on any atom is 0.267 e. The summed E-state index contributed by atoms with van der Waals surface area (Å²) in [5, 5.41) is 0.332. The summed E-state index contributed by atoms with van der Waals surface area (Å²) < 4.78 is 69.3. The Bertz CT molecular complexity index is 1200. The highest BCUT2D eigenvalue weighted by Crippen LogP contribution is 2.26. The summed E-state index contributed by atoms with van der Waals surface area (Å²) in [6, 6.07) is 6.06. The number of carbonyl (C=O) groups is 1. The smallest absolute Gasteiger partial charge is 0.267 e. The number of aliphatic imine (C=N–C) groups is 1. The Morgan fingerprint density at radius 1 is 1.10 bits per heavy atom. The van der Waals surface area contributed by atoms with Gasteiger partial charge >= 0.3 is 0 Å². The molecule has 0 aliphatic carbocycles. The molecule has 0 bridgehead atoms. The Morgan fingerprint density at radius 2 is 1.77 bits per heavy atom. The van der Waals surface area contributed by atoms with Crippen LogP contribution in [0.15, 0.2) is 69.2 Å². The van der Waals surface area contributed by atoms with Crippen LogP contribution in [0.2, 0.25) is 0 Å². The molecule has 1 aliphatic heterocycles. The van der Waals surface area contributed by atoms with E-state index in [4.69, 9.17) is 11.6 Å². The van der Waals surface area contributed by atoms with Gasteiger partial charge in [0.15, 0.2) is 16.5 Å². The van der Waals surface area contributed by atoms with Crippen molar-refractivity contribution < 1.29 is 26.4 Å². The first-order valence-corrected chi connectivity index (χ1v) is 10.9. The van der Waals surface area contributed by atoms with Crippen LogP contribution < -0.4 is 4.72 Å². The van der Waals surface area contributed by atoms with Gasteiger partial charge in [0.25, 0.3) is 10.0 Å². The molecule has 0 amide bonds. The zero-order valence-corrected chi connectivity index (χ0v) is 17.5. The number of anilines is 1. The Morgan fingerprint density at radius 3 is 2.48 bits per heavy atom. The Labute approximate surface area is 182 Å². The van der Waals surface area contributed by atoms with E-state index in [9.17, 15) is 26.4 Å². The Kier molecular flexibility index (Phi) is 6.97. The summed E-state index contributed by atoms with van der Waals surface area (Å²) in [7, 11) is -4.78. The molecule has 0 aromatic heterocycles. The fourth-order valence-electron chi connectivity index (χ4n) is 2.94. The number of nitrogens with zero attached hydrogens (tertiary/aromatic N) is 1. The quantitative estimate of drug-likeness (QED) is 0.458. The second-order valence-electron chi connectivity index (χ2n) is 6.59. The van der Waals surface area contributed by atoms with E-state index >= 15 is 0 Å². The van der Waals surface area contributed by atoms with Gasteiger partial charge in [0.2, 0.25) is 0 Å². The third-order valence-electron chi connectivity index (χ3n) is 4.41. The van der Waals surface area contributed by atoms with Gasteiger partial charge in [-0.2, -0.15) is 0 Å². The second-order valence-corrected chi connectivity index (χ2v) is 8.60. The van der Waals surface area contributed by atoms with Crippen LogP contribution in [-0.4, -0.2) is 20.4 Å². The third-order valence-corrected chi connectivity index (χ3v) is 6.07. The first-order valence-electron chi connectivity index (χ1n) is 9.05. The van der Waals surface area contributed by atoms with Crippen molar-refractivity contribution in [3.8, 4) is 0 Å². The lowest BCUT2D eigenvalue weighted by Gasteiger charge is -2.13. The molecule has 10 heteroatoms. The highest BCUT2D eigenvalue weighted by Gasteiger charge is 2.26. The van der Waals surface area contributed by atoms with E-state index in [0.717, 1.165) is 24.3 Å². The number of halogens is 4. The number of rotatable bonds is 6. The van der Waals surface area contributed by atoms with Crippen LogP contribution in [0, 0.1) is 17.5 Å². The lowest BCUT2D eigenvalue weighted by atomic mass is 9.98. The fourth-order valence-corrected chi connectivity index (χ4v) is 4.30. The molecule has 0 radical (unpaired) electrons. The van der Waals surface area contributed by atoms with E-state index in [2.05, 4.69) is 4.99 Å². The van der Waals surface area contributed by atoms with Crippen molar-refractivity contribution in [2.75, 3.05) is 4.72 Å². The number of sulfonamides is 1. The minimum Gasteiger partial charge on any atom is -0.294 e. The first-order chi connectivity index (χ1) is 14.7. The van der Waals surface area contributed by atoms with Crippen molar-refractivity contribution in [3.63, 3.8) is 0 Å². The molecular weight excluding hydrogens is 453 g/mol. The number of Topliss-reactive ketones (excluding diaryl/α,β-unsaturated/α-hetero) is 1. The highest BCUT2D eigenvalue weighted by atomic mass is 35.5. The summed E-state index contributed by atoms with van der Waals surface area (Å²) in [4.78, 5) is 15.3. The van der Waals surface area contributed by atoms with E-state index in [1.807, 2.05) is 4.72 Å². The normalized spacial score (nSPS) is 18.7. The molecule has 1 aliphatic rings. The van der Waals surface area contributed by atoms with E-state index in [-0.39, 0.29) is 12.0 Å².